The number of hydrogen-bond acceptors (Lipinski definition) is 7. The second-order valence-electron chi connectivity index (χ2n) is 4.49. The predicted molar refractivity (Wildman–Crippen MR) is 83.6 cm³/mol. The van der Waals surface area contributed by atoms with E-state index in [1.165, 1.54) is 34.5 Å². The summed E-state index contributed by atoms with van der Waals surface area (Å²) in [6.45, 7) is 2.14. The summed E-state index contributed by atoms with van der Waals surface area (Å²) in [5.41, 5.74) is 0.846. The average molecular weight is 336 g/mol. The number of hydrogen-bond donors (Lipinski definition) is 0. The Balaban J connectivity index is 1.89. The summed E-state index contributed by atoms with van der Waals surface area (Å²) in [4.78, 5) is 25.7. The molecule has 0 bridgehead atoms. The maximum atomic E-state index is 11.9. The van der Waals surface area contributed by atoms with Crippen molar-refractivity contribution in [1.29, 1.82) is 0 Å². The minimum absolute atomic E-state index is 0.257. The van der Waals surface area contributed by atoms with Gasteiger partial charge in [0, 0.05) is 4.88 Å². The van der Waals surface area contributed by atoms with E-state index in [1.807, 2.05) is 24.4 Å². The summed E-state index contributed by atoms with van der Waals surface area (Å²) in [7, 11) is 1.34. The van der Waals surface area contributed by atoms with Crippen molar-refractivity contribution in [2.75, 3.05) is 7.11 Å². The van der Waals surface area contributed by atoms with E-state index in [0.717, 1.165) is 15.3 Å². The van der Waals surface area contributed by atoms with Crippen molar-refractivity contribution < 1.29 is 13.9 Å². The summed E-state index contributed by atoms with van der Waals surface area (Å²) in [5.74, 6) is -0.596. The van der Waals surface area contributed by atoms with Crippen molar-refractivity contribution in [1.82, 2.24) is 9.78 Å². The van der Waals surface area contributed by atoms with Gasteiger partial charge in [0.05, 0.1) is 18.5 Å². The van der Waals surface area contributed by atoms with Crippen LogP contribution in [0, 0.1) is 6.92 Å². The van der Waals surface area contributed by atoms with E-state index in [1.54, 1.807) is 6.07 Å². The van der Waals surface area contributed by atoms with Gasteiger partial charge in [-0.2, -0.15) is 4.68 Å². The Kier molecular flexibility index (Phi) is 3.95. The molecule has 0 saturated heterocycles. The lowest BCUT2D eigenvalue weighted by Gasteiger charge is -1.97. The molecule has 3 aromatic rings. The molecule has 0 N–H and O–H groups in total. The highest BCUT2D eigenvalue weighted by Gasteiger charge is 2.16. The number of aryl methyl sites for hydroxylation is 1. The molecule has 0 fully saturated rings. The monoisotopic (exact) mass is 336 g/mol. The molecule has 0 radical (unpaired) electrons. The average Bonchev–Trinajstić information content (AvgIpc) is 3.21. The van der Waals surface area contributed by atoms with Crippen molar-refractivity contribution in [2.24, 2.45) is 0 Å². The fourth-order valence-corrected chi connectivity index (χ4v) is 3.54. The van der Waals surface area contributed by atoms with E-state index in [-0.39, 0.29) is 12.5 Å². The second-order valence-corrected chi connectivity index (χ2v) is 6.70. The zero-order chi connectivity index (χ0) is 15.7. The molecular formula is C14H12N2O4S2. The Morgan fingerprint density at radius 2 is 2.32 bits per heavy atom. The van der Waals surface area contributed by atoms with Crippen LogP contribution in [-0.2, 0) is 11.3 Å². The molecule has 0 unspecified atom stereocenters. The SMILES string of the molecule is COC(=O)c1cc(Cn2nc(-c3cccs3)oc2=O)c(C)s1. The zero-order valence-electron chi connectivity index (χ0n) is 11.9. The van der Waals surface area contributed by atoms with E-state index in [2.05, 4.69) is 5.10 Å². The molecule has 114 valence electrons. The molecule has 0 aliphatic carbocycles. The molecule has 0 aromatic carbocycles. The highest BCUT2D eigenvalue weighted by Crippen LogP contribution is 2.24. The molecule has 0 amide bonds. The molecule has 0 spiro atoms. The Hall–Kier alpha value is -2.19. The minimum Gasteiger partial charge on any atom is -0.465 e. The van der Waals surface area contributed by atoms with Gasteiger partial charge in [0.25, 0.3) is 5.89 Å². The summed E-state index contributed by atoms with van der Waals surface area (Å²) in [6.07, 6.45) is 0. The van der Waals surface area contributed by atoms with Crippen LogP contribution in [0.3, 0.4) is 0 Å². The first-order valence-corrected chi connectivity index (χ1v) is 8.07. The van der Waals surface area contributed by atoms with Crippen LogP contribution < -0.4 is 5.76 Å². The van der Waals surface area contributed by atoms with E-state index >= 15 is 0 Å². The Morgan fingerprint density at radius 3 is 3.00 bits per heavy atom. The molecule has 0 atom stereocenters. The molecule has 3 heterocycles. The lowest BCUT2D eigenvalue weighted by molar-refractivity contribution is 0.0606. The molecule has 6 nitrogen and oxygen atoms in total. The first-order valence-electron chi connectivity index (χ1n) is 6.38. The van der Waals surface area contributed by atoms with Gasteiger partial charge in [-0.3, -0.25) is 0 Å². The Bertz CT molecular complexity index is 858. The van der Waals surface area contributed by atoms with Crippen molar-refractivity contribution in [3.8, 4) is 10.8 Å². The second kappa shape index (κ2) is 5.90. The fourth-order valence-electron chi connectivity index (χ4n) is 1.95. The van der Waals surface area contributed by atoms with Gasteiger partial charge in [0.2, 0.25) is 0 Å². The molecule has 0 saturated carbocycles. The van der Waals surface area contributed by atoms with Crippen LogP contribution >= 0.6 is 22.7 Å². The number of thiophene rings is 2. The number of rotatable bonds is 4. The standard InChI is InChI=1S/C14H12N2O4S2/c1-8-9(6-11(22-8)13(17)19-2)7-16-14(18)20-12(15-16)10-4-3-5-21-10/h3-6H,7H2,1-2H3. The molecular weight excluding hydrogens is 324 g/mol. The molecule has 3 aromatic heterocycles. The summed E-state index contributed by atoms with van der Waals surface area (Å²) >= 11 is 2.78. The van der Waals surface area contributed by atoms with Crippen LogP contribution in [0.25, 0.3) is 10.8 Å². The van der Waals surface area contributed by atoms with Gasteiger partial charge in [-0.05, 0) is 30.0 Å². The van der Waals surface area contributed by atoms with E-state index in [4.69, 9.17) is 9.15 Å². The van der Waals surface area contributed by atoms with Crippen LogP contribution in [-0.4, -0.2) is 22.9 Å². The van der Waals surface area contributed by atoms with Gasteiger partial charge >= 0.3 is 11.7 Å². The fraction of sp³-hybridized carbons (Fsp3) is 0.214. The first kappa shape index (κ1) is 14.7. The van der Waals surface area contributed by atoms with Gasteiger partial charge in [0.1, 0.15) is 4.88 Å². The Labute approximate surface area is 133 Å². The van der Waals surface area contributed by atoms with Crippen LogP contribution in [0.2, 0.25) is 0 Å². The summed E-state index contributed by atoms with van der Waals surface area (Å²) < 4.78 is 11.1. The lowest BCUT2D eigenvalue weighted by atomic mass is 10.2. The molecule has 0 aliphatic heterocycles. The third-order valence-electron chi connectivity index (χ3n) is 3.07. The third kappa shape index (κ3) is 2.75. The van der Waals surface area contributed by atoms with Gasteiger partial charge in [-0.25, -0.2) is 9.59 Å². The summed E-state index contributed by atoms with van der Waals surface area (Å²) in [5, 5.41) is 6.09. The number of esters is 1. The maximum Gasteiger partial charge on any atom is 0.437 e. The van der Waals surface area contributed by atoms with Crippen molar-refractivity contribution in [2.45, 2.75) is 13.5 Å². The number of carbonyl (C=O) groups excluding carboxylic acids is 1. The summed E-state index contributed by atoms with van der Waals surface area (Å²) in [6, 6.07) is 5.42. The highest BCUT2D eigenvalue weighted by molar-refractivity contribution is 7.14. The number of carbonyl (C=O) groups is 1. The largest absolute Gasteiger partial charge is 0.465 e. The molecule has 22 heavy (non-hydrogen) atoms. The smallest absolute Gasteiger partial charge is 0.437 e. The third-order valence-corrected chi connectivity index (χ3v) is 5.00. The predicted octanol–water partition coefficient (Wildman–Crippen LogP) is 2.77. The number of aromatic nitrogens is 2. The zero-order valence-corrected chi connectivity index (χ0v) is 13.5. The quantitative estimate of drug-likeness (QED) is 0.685. The van der Waals surface area contributed by atoms with Crippen LogP contribution in [0.1, 0.15) is 20.1 Å². The minimum atomic E-state index is -0.520. The van der Waals surface area contributed by atoms with E-state index < -0.39 is 5.76 Å². The van der Waals surface area contributed by atoms with Gasteiger partial charge in [0.15, 0.2) is 0 Å². The van der Waals surface area contributed by atoms with Crippen LogP contribution in [0.4, 0.5) is 0 Å². The number of nitrogens with zero attached hydrogens (tertiary/aromatic N) is 2. The maximum absolute atomic E-state index is 11.9. The normalized spacial score (nSPS) is 10.8. The first-order chi connectivity index (χ1) is 10.6. The Morgan fingerprint density at radius 1 is 1.50 bits per heavy atom. The van der Waals surface area contributed by atoms with Crippen molar-refractivity contribution in [3.05, 3.63) is 49.4 Å². The number of methoxy groups -OCH3 is 1. The van der Waals surface area contributed by atoms with Gasteiger partial charge in [-0.1, -0.05) is 6.07 Å². The molecule has 8 heteroatoms. The van der Waals surface area contributed by atoms with Gasteiger partial charge < -0.3 is 9.15 Å². The van der Waals surface area contributed by atoms with Crippen molar-refractivity contribution in [3.63, 3.8) is 0 Å². The van der Waals surface area contributed by atoms with E-state index in [9.17, 15) is 9.59 Å². The molecule has 3 rings (SSSR count). The topological polar surface area (TPSA) is 74.3 Å². The van der Waals surface area contributed by atoms with Crippen molar-refractivity contribution >= 4 is 28.6 Å². The van der Waals surface area contributed by atoms with E-state index in [0.29, 0.717) is 10.8 Å². The highest BCUT2D eigenvalue weighted by atomic mass is 32.1. The van der Waals surface area contributed by atoms with Crippen LogP contribution in [0.15, 0.2) is 32.8 Å². The van der Waals surface area contributed by atoms with Crippen LogP contribution in [0.5, 0.6) is 0 Å². The van der Waals surface area contributed by atoms with Gasteiger partial charge in [-0.15, -0.1) is 27.8 Å². The number of ether oxygens (including phenoxy) is 1. The molecule has 0 aliphatic rings. The lowest BCUT2D eigenvalue weighted by Crippen LogP contribution is -2.16.